The number of imide groups is 1. The van der Waals surface area contributed by atoms with Crippen molar-refractivity contribution in [2.45, 2.75) is 89.6 Å². The van der Waals surface area contributed by atoms with Gasteiger partial charge in [0.05, 0.1) is 35.7 Å². The fourth-order valence-corrected chi connectivity index (χ4v) is 8.97. The van der Waals surface area contributed by atoms with Gasteiger partial charge in [0.15, 0.2) is 5.65 Å². The van der Waals surface area contributed by atoms with E-state index in [9.17, 15) is 19.2 Å². The molecule has 1 unspecified atom stereocenters. The van der Waals surface area contributed by atoms with Crippen molar-refractivity contribution in [3.63, 3.8) is 0 Å². The first kappa shape index (κ1) is 38.3. The van der Waals surface area contributed by atoms with Gasteiger partial charge in [-0.05, 0) is 81.0 Å². The van der Waals surface area contributed by atoms with Gasteiger partial charge < -0.3 is 25.0 Å². The van der Waals surface area contributed by atoms with Crippen LogP contribution in [0.4, 0.5) is 21.9 Å². The van der Waals surface area contributed by atoms with Crippen molar-refractivity contribution in [2.75, 3.05) is 48.3 Å². The number of benzene rings is 1. The van der Waals surface area contributed by atoms with E-state index in [4.69, 9.17) is 4.52 Å². The number of anilines is 3. The maximum Gasteiger partial charge on any atom is 0.323 e. The molecule has 0 radical (unpaired) electrons. The number of aromatic nitrogens is 6. The van der Waals surface area contributed by atoms with E-state index >= 15 is 0 Å². The van der Waals surface area contributed by atoms with Crippen LogP contribution in [0.3, 0.4) is 0 Å². The van der Waals surface area contributed by atoms with E-state index in [2.05, 4.69) is 57.0 Å². The fraction of sp³-hybridized carbons (Fsp3) is 0.452. The van der Waals surface area contributed by atoms with Crippen LogP contribution in [-0.2, 0) is 22.6 Å². The van der Waals surface area contributed by atoms with E-state index in [0.717, 1.165) is 106 Å². The molecule has 17 nitrogen and oxygen atoms in total. The van der Waals surface area contributed by atoms with Crippen molar-refractivity contribution >= 4 is 46.5 Å². The van der Waals surface area contributed by atoms with Crippen LogP contribution in [0, 0.1) is 6.92 Å². The van der Waals surface area contributed by atoms with E-state index in [1.807, 2.05) is 35.7 Å². The summed E-state index contributed by atoms with van der Waals surface area (Å²) in [5.41, 5.74) is 7.01. The number of aryl methyl sites for hydroxylation is 2. The smallest absolute Gasteiger partial charge is 0.323 e. The summed E-state index contributed by atoms with van der Waals surface area (Å²) in [6.07, 6.45) is 13.8. The second kappa shape index (κ2) is 16.6. The van der Waals surface area contributed by atoms with Crippen molar-refractivity contribution < 1.29 is 23.7 Å². The van der Waals surface area contributed by atoms with Crippen molar-refractivity contribution in [2.24, 2.45) is 0 Å². The minimum atomic E-state index is -0.606. The minimum Gasteiger partial charge on any atom is -0.369 e. The first-order chi connectivity index (χ1) is 28.8. The van der Waals surface area contributed by atoms with Gasteiger partial charge in [-0.15, -0.1) is 0 Å². The molecular weight excluding hydrogens is 753 g/mol. The first-order valence-electron chi connectivity index (χ1n) is 20.7. The molecule has 3 N–H and O–H groups in total. The van der Waals surface area contributed by atoms with Crippen LogP contribution in [0.25, 0.3) is 17.2 Å². The number of carbonyl (C=O) groups is 4. The molecule has 5 amide bonds. The van der Waals surface area contributed by atoms with E-state index in [1.165, 1.54) is 0 Å². The number of hydrogen-bond acceptors (Lipinski definition) is 12. The number of amides is 5. The molecule has 1 aromatic carbocycles. The van der Waals surface area contributed by atoms with Crippen molar-refractivity contribution in [1.29, 1.82) is 0 Å². The summed E-state index contributed by atoms with van der Waals surface area (Å²) >= 11 is 0. The molecule has 3 aliphatic heterocycles. The van der Waals surface area contributed by atoms with Crippen molar-refractivity contribution in [3.8, 4) is 11.5 Å². The van der Waals surface area contributed by atoms with Gasteiger partial charge in [-0.2, -0.15) is 10.1 Å². The summed E-state index contributed by atoms with van der Waals surface area (Å²) in [6, 6.07) is 8.68. The van der Waals surface area contributed by atoms with Crippen molar-refractivity contribution in [3.05, 3.63) is 77.2 Å². The number of piperazine rings is 1. The van der Waals surface area contributed by atoms with Gasteiger partial charge in [-0.25, -0.2) is 14.3 Å². The zero-order valence-electron chi connectivity index (χ0n) is 33.2. The number of nitrogens with zero attached hydrogens (tertiary/aromatic N) is 9. The number of pyridine rings is 1. The average Bonchev–Trinajstić information content (AvgIpc) is 4.07. The standard InChI is InChI=1S/C42H48N12O5/c1-26-21-29(46-42(58)47-32-24-43-34-14-15-45-54(34)38(32)27-7-4-5-8-27)23-44-37(26)39-49-36(59-50-39)9-3-2-6-16-51-17-19-52(20-18-51)30-10-11-31-28(22-30)25-53(41(31)57)33-12-13-35(55)48-40(33)56/h10-11,14-15,21-24,27,33H,2-9,12-13,16-20,25H2,1H3,(H2,46,47,58)(H,48,55,56). The number of fused-ring (bicyclic) bond motifs is 2. The summed E-state index contributed by atoms with van der Waals surface area (Å²) in [6.45, 7) is 7.01. The summed E-state index contributed by atoms with van der Waals surface area (Å²) in [4.78, 5) is 70.3. The Kier molecular flexibility index (Phi) is 10.7. The highest BCUT2D eigenvalue weighted by Gasteiger charge is 2.39. The molecule has 4 aliphatic rings. The Hall–Kier alpha value is -6.23. The van der Waals surface area contributed by atoms with E-state index < -0.39 is 11.9 Å². The maximum absolute atomic E-state index is 13.1. The summed E-state index contributed by atoms with van der Waals surface area (Å²) < 4.78 is 7.42. The van der Waals surface area contributed by atoms with Crippen LogP contribution in [0.15, 0.2) is 53.4 Å². The van der Waals surface area contributed by atoms with Crippen LogP contribution >= 0.6 is 0 Å². The van der Waals surface area contributed by atoms with Crippen LogP contribution in [0.1, 0.15) is 96.8 Å². The molecule has 0 spiro atoms. The number of piperidine rings is 1. The Morgan fingerprint density at radius 2 is 1.80 bits per heavy atom. The summed E-state index contributed by atoms with van der Waals surface area (Å²) in [5, 5.41) is 16.9. The lowest BCUT2D eigenvalue weighted by Gasteiger charge is -2.36. The minimum absolute atomic E-state index is 0.146. The quantitative estimate of drug-likeness (QED) is 0.112. The topological polar surface area (TPSA) is 196 Å². The number of hydrogen-bond donors (Lipinski definition) is 3. The third-order valence-electron chi connectivity index (χ3n) is 12.1. The molecule has 17 heteroatoms. The lowest BCUT2D eigenvalue weighted by atomic mass is 10.0. The SMILES string of the molecule is Cc1cc(NC(=O)Nc2cnc3ccnn3c2C2CCCC2)cnc1-c1noc(CCCCCN2CCN(c3ccc4c(c3)CN(C3CCC(=O)NC3=O)C4=O)CC2)n1. The maximum atomic E-state index is 13.1. The van der Waals surface area contributed by atoms with Crippen molar-refractivity contribution in [1.82, 2.24) is 44.8 Å². The summed E-state index contributed by atoms with van der Waals surface area (Å²) in [7, 11) is 0. The zero-order valence-corrected chi connectivity index (χ0v) is 33.2. The highest BCUT2D eigenvalue weighted by molar-refractivity contribution is 6.05. The molecule has 0 bridgehead atoms. The number of carbonyl (C=O) groups excluding carboxylic acids is 4. The number of rotatable bonds is 12. The van der Waals surface area contributed by atoms with Gasteiger partial charge in [-0.1, -0.05) is 24.4 Å². The zero-order chi connectivity index (χ0) is 40.5. The second-order valence-corrected chi connectivity index (χ2v) is 16.0. The van der Waals surface area contributed by atoms with Gasteiger partial charge in [0.1, 0.15) is 11.7 Å². The monoisotopic (exact) mass is 800 g/mol. The molecule has 1 aliphatic carbocycles. The Morgan fingerprint density at radius 1 is 0.949 bits per heavy atom. The van der Waals surface area contributed by atoms with Gasteiger partial charge in [-0.3, -0.25) is 29.6 Å². The van der Waals surface area contributed by atoms with Gasteiger partial charge >= 0.3 is 6.03 Å². The van der Waals surface area contributed by atoms with Gasteiger partial charge in [0.25, 0.3) is 5.91 Å². The normalized spacial score (nSPS) is 18.8. The molecule has 7 heterocycles. The molecule has 1 saturated carbocycles. The summed E-state index contributed by atoms with van der Waals surface area (Å²) in [5.74, 6) is 0.497. The molecule has 1 atom stereocenters. The Morgan fingerprint density at radius 3 is 2.61 bits per heavy atom. The predicted molar refractivity (Wildman–Crippen MR) is 218 cm³/mol. The molecular formula is C42H48N12O5. The fourth-order valence-electron chi connectivity index (χ4n) is 8.97. The molecule has 59 heavy (non-hydrogen) atoms. The number of unbranched alkanes of at least 4 members (excludes halogenated alkanes) is 2. The molecule has 3 fully saturated rings. The number of urea groups is 1. The molecule has 306 valence electrons. The van der Waals surface area contributed by atoms with Crippen LogP contribution in [0.2, 0.25) is 0 Å². The van der Waals surface area contributed by atoms with Gasteiger partial charge in [0.2, 0.25) is 23.5 Å². The van der Waals surface area contributed by atoms with E-state index in [-0.39, 0.29) is 24.3 Å². The third-order valence-corrected chi connectivity index (χ3v) is 12.1. The molecule has 2 saturated heterocycles. The molecule has 5 aromatic rings. The molecule has 9 rings (SSSR count). The van der Waals surface area contributed by atoms with Crippen LogP contribution < -0.4 is 20.9 Å². The molecule has 4 aromatic heterocycles. The Balaban J connectivity index is 0.706. The highest BCUT2D eigenvalue weighted by Crippen LogP contribution is 2.38. The van der Waals surface area contributed by atoms with Crippen LogP contribution in [-0.4, -0.2) is 102 Å². The largest absolute Gasteiger partial charge is 0.369 e. The average molecular weight is 801 g/mol. The Bertz CT molecular complexity index is 2400. The van der Waals surface area contributed by atoms with E-state index in [1.54, 1.807) is 23.5 Å². The third kappa shape index (κ3) is 8.11. The lowest BCUT2D eigenvalue weighted by molar-refractivity contribution is -0.136. The van der Waals surface area contributed by atoms with Crippen LogP contribution in [0.5, 0.6) is 0 Å². The number of nitrogens with one attached hydrogen (secondary N) is 3. The van der Waals surface area contributed by atoms with E-state index in [0.29, 0.717) is 59.7 Å². The first-order valence-corrected chi connectivity index (χ1v) is 20.7. The second-order valence-electron chi connectivity index (χ2n) is 16.0. The Labute approximate surface area is 340 Å². The highest BCUT2D eigenvalue weighted by atomic mass is 16.5. The predicted octanol–water partition coefficient (Wildman–Crippen LogP) is 5.08. The lowest BCUT2D eigenvalue weighted by Crippen LogP contribution is -2.52. The van der Waals surface area contributed by atoms with Gasteiger partial charge in [0, 0.05) is 68.8 Å².